The molecule has 0 radical (unpaired) electrons. The highest BCUT2D eigenvalue weighted by Crippen LogP contribution is 2.30. The summed E-state index contributed by atoms with van der Waals surface area (Å²) < 4.78 is 46.5. The zero-order valence-corrected chi connectivity index (χ0v) is 25.0. The van der Waals surface area contributed by atoms with Gasteiger partial charge >= 0.3 is 6.18 Å². The Kier molecular flexibility index (Phi) is 9.36. The molecule has 12 heteroatoms. The fraction of sp³-hybridized carbons (Fsp3) is 0.452. The Morgan fingerprint density at radius 2 is 1.60 bits per heavy atom. The van der Waals surface area contributed by atoms with Gasteiger partial charge in [0.2, 0.25) is 5.95 Å². The predicted octanol–water partition coefficient (Wildman–Crippen LogP) is 6.00. The van der Waals surface area contributed by atoms with Crippen LogP contribution in [-0.4, -0.2) is 75.9 Å². The maximum absolute atomic E-state index is 13.1. The molecule has 2 aromatic heterocycles. The molecule has 2 aromatic carbocycles. The molecule has 4 aromatic rings. The van der Waals surface area contributed by atoms with Crippen LogP contribution in [-0.2, 0) is 17.5 Å². The molecule has 5 rings (SSSR count). The van der Waals surface area contributed by atoms with Crippen LogP contribution < -0.4 is 15.5 Å². The zero-order chi connectivity index (χ0) is 30.6. The molecular formula is C31H39F3N8O. The van der Waals surface area contributed by atoms with Gasteiger partial charge < -0.3 is 24.8 Å². The number of nitrogens with one attached hydrogen (secondary N) is 2. The molecule has 0 aliphatic carbocycles. The van der Waals surface area contributed by atoms with E-state index in [1.54, 1.807) is 6.33 Å². The monoisotopic (exact) mass is 596 g/mol. The number of rotatable bonds is 11. The maximum Gasteiger partial charge on any atom is 0.416 e. The molecular weight excluding hydrogens is 557 g/mol. The third-order valence-corrected chi connectivity index (χ3v) is 7.59. The molecule has 0 bridgehead atoms. The van der Waals surface area contributed by atoms with Crippen molar-refractivity contribution >= 4 is 34.3 Å². The van der Waals surface area contributed by atoms with E-state index >= 15 is 0 Å². The van der Waals surface area contributed by atoms with Crippen molar-refractivity contribution in [3.8, 4) is 0 Å². The van der Waals surface area contributed by atoms with Gasteiger partial charge in [0.25, 0.3) is 0 Å². The number of alkyl halides is 3. The van der Waals surface area contributed by atoms with Crippen molar-refractivity contribution in [3.63, 3.8) is 0 Å². The standard InChI is InChI=1S/C31H39F3N8O/c1-21(2)42(22(3)4)14-13-35-28-27-29(41(20-36-27)19-23-5-7-24(8-6-23)31(32,33)34)39-30(38-28)37-25-9-11-26(12-10-25)40-15-17-43-18-16-40/h5-12,20-22H,13-19H2,1-4H3,(H2,35,37,38,39). The van der Waals surface area contributed by atoms with Crippen LogP contribution in [0.15, 0.2) is 54.9 Å². The largest absolute Gasteiger partial charge is 0.416 e. The van der Waals surface area contributed by atoms with Crippen LogP contribution in [0.3, 0.4) is 0 Å². The van der Waals surface area contributed by atoms with Crippen molar-refractivity contribution in [2.75, 3.05) is 54.9 Å². The van der Waals surface area contributed by atoms with Crippen LogP contribution in [0.2, 0.25) is 0 Å². The molecule has 1 aliphatic heterocycles. The lowest BCUT2D eigenvalue weighted by Gasteiger charge is -2.30. The molecule has 0 saturated carbocycles. The van der Waals surface area contributed by atoms with E-state index in [0.717, 1.165) is 56.4 Å². The summed E-state index contributed by atoms with van der Waals surface area (Å²) in [5.41, 5.74) is 3.17. The first-order valence-corrected chi connectivity index (χ1v) is 14.7. The lowest BCUT2D eigenvalue weighted by Crippen LogP contribution is -2.40. The molecule has 0 unspecified atom stereocenters. The Morgan fingerprint density at radius 3 is 2.23 bits per heavy atom. The third-order valence-electron chi connectivity index (χ3n) is 7.59. The summed E-state index contributed by atoms with van der Waals surface area (Å²) in [4.78, 5) is 18.8. The molecule has 0 spiro atoms. The van der Waals surface area contributed by atoms with Crippen LogP contribution in [0.4, 0.5) is 36.3 Å². The number of hydrogen-bond donors (Lipinski definition) is 2. The highest BCUT2D eigenvalue weighted by Gasteiger charge is 2.30. The predicted molar refractivity (Wildman–Crippen MR) is 164 cm³/mol. The molecule has 1 saturated heterocycles. The fourth-order valence-corrected chi connectivity index (χ4v) is 5.36. The van der Waals surface area contributed by atoms with Gasteiger partial charge in [-0.2, -0.15) is 23.1 Å². The van der Waals surface area contributed by atoms with Crippen molar-refractivity contribution < 1.29 is 17.9 Å². The van der Waals surface area contributed by atoms with Gasteiger partial charge in [0.1, 0.15) is 0 Å². The summed E-state index contributed by atoms with van der Waals surface area (Å²) in [5.74, 6) is 0.990. The lowest BCUT2D eigenvalue weighted by atomic mass is 10.1. The Morgan fingerprint density at radius 1 is 0.930 bits per heavy atom. The molecule has 0 amide bonds. The molecule has 1 fully saturated rings. The van der Waals surface area contributed by atoms with Crippen LogP contribution in [0, 0.1) is 0 Å². The number of benzene rings is 2. The van der Waals surface area contributed by atoms with E-state index in [9.17, 15) is 13.2 Å². The van der Waals surface area contributed by atoms with E-state index in [0.29, 0.717) is 53.7 Å². The van der Waals surface area contributed by atoms with Crippen molar-refractivity contribution in [1.29, 1.82) is 0 Å². The quantitative estimate of drug-likeness (QED) is 0.218. The summed E-state index contributed by atoms with van der Waals surface area (Å²) in [6.45, 7) is 13.7. The molecule has 230 valence electrons. The summed E-state index contributed by atoms with van der Waals surface area (Å²) in [6, 6.07) is 14.1. The minimum absolute atomic E-state index is 0.313. The van der Waals surface area contributed by atoms with Gasteiger partial charge in [-0.15, -0.1) is 0 Å². The maximum atomic E-state index is 13.1. The van der Waals surface area contributed by atoms with Gasteiger partial charge in [-0.25, -0.2) is 4.98 Å². The molecule has 1 aliphatic rings. The van der Waals surface area contributed by atoms with Gasteiger partial charge in [0.05, 0.1) is 31.6 Å². The number of nitrogens with zero attached hydrogens (tertiary/aromatic N) is 6. The lowest BCUT2D eigenvalue weighted by molar-refractivity contribution is -0.137. The van der Waals surface area contributed by atoms with Crippen LogP contribution >= 0.6 is 0 Å². The first-order chi connectivity index (χ1) is 20.6. The Bertz CT molecular complexity index is 1470. The summed E-state index contributed by atoms with van der Waals surface area (Å²) >= 11 is 0. The first-order valence-electron chi connectivity index (χ1n) is 14.7. The summed E-state index contributed by atoms with van der Waals surface area (Å²) in [5, 5.41) is 6.78. The van der Waals surface area contributed by atoms with Crippen molar-refractivity contribution in [2.45, 2.75) is 52.5 Å². The van der Waals surface area contributed by atoms with E-state index in [-0.39, 0.29) is 0 Å². The molecule has 3 heterocycles. The van der Waals surface area contributed by atoms with Gasteiger partial charge in [-0.1, -0.05) is 12.1 Å². The smallest absolute Gasteiger partial charge is 0.378 e. The second-order valence-corrected chi connectivity index (χ2v) is 11.3. The van der Waals surface area contributed by atoms with E-state index in [4.69, 9.17) is 14.7 Å². The topological polar surface area (TPSA) is 83.4 Å². The van der Waals surface area contributed by atoms with E-state index in [1.165, 1.54) is 12.1 Å². The number of morpholine rings is 1. The highest BCUT2D eigenvalue weighted by molar-refractivity contribution is 5.84. The Balaban J connectivity index is 1.41. The average molecular weight is 597 g/mol. The SMILES string of the molecule is CC(C)N(CCNc1nc(Nc2ccc(N3CCOCC3)cc2)nc2c1ncn2Cc1ccc(C(F)(F)F)cc1)C(C)C. The number of anilines is 4. The van der Waals surface area contributed by atoms with Gasteiger partial charge in [-0.3, -0.25) is 4.90 Å². The average Bonchev–Trinajstić information content (AvgIpc) is 3.38. The first kappa shape index (κ1) is 30.6. The zero-order valence-electron chi connectivity index (χ0n) is 25.0. The Labute approximate surface area is 250 Å². The molecule has 2 N–H and O–H groups in total. The summed E-state index contributed by atoms with van der Waals surface area (Å²) in [7, 11) is 0. The minimum Gasteiger partial charge on any atom is -0.378 e. The second kappa shape index (κ2) is 13.2. The number of hydrogen-bond acceptors (Lipinski definition) is 8. The van der Waals surface area contributed by atoms with Gasteiger partial charge in [-0.05, 0) is 69.7 Å². The normalized spacial score (nSPS) is 14.3. The van der Waals surface area contributed by atoms with Gasteiger partial charge in [0, 0.05) is 49.6 Å². The second-order valence-electron chi connectivity index (χ2n) is 11.3. The number of fused-ring (bicyclic) bond motifs is 1. The van der Waals surface area contributed by atoms with Crippen LogP contribution in [0.25, 0.3) is 11.2 Å². The van der Waals surface area contributed by atoms with Crippen molar-refractivity contribution in [1.82, 2.24) is 24.4 Å². The number of imidazole rings is 1. The third kappa shape index (κ3) is 7.55. The van der Waals surface area contributed by atoms with E-state index in [1.807, 2.05) is 16.7 Å². The fourth-order valence-electron chi connectivity index (χ4n) is 5.36. The molecule has 0 atom stereocenters. The van der Waals surface area contributed by atoms with Crippen LogP contribution in [0.1, 0.15) is 38.8 Å². The van der Waals surface area contributed by atoms with E-state index < -0.39 is 11.7 Å². The van der Waals surface area contributed by atoms with Crippen molar-refractivity contribution in [2.24, 2.45) is 0 Å². The Hall–Kier alpha value is -3.90. The van der Waals surface area contributed by atoms with Crippen molar-refractivity contribution in [3.05, 3.63) is 66.0 Å². The molecule has 9 nitrogen and oxygen atoms in total. The summed E-state index contributed by atoms with van der Waals surface area (Å²) in [6.07, 6.45) is -2.73. The minimum atomic E-state index is -4.38. The number of aromatic nitrogens is 4. The van der Waals surface area contributed by atoms with E-state index in [2.05, 4.69) is 65.2 Å². The van der Waals surface area contributed by atoms with Crippen LogP contribution in [0.5, 0.6) is 0 Å². The number of halogens is 3. The number of ether oxygens (including phenoxy) is 1. The van der Waals surface area contributed by atoms with Gasteiger partial charge in [0.15, 0.2) is 17.0 Å². The molecule has 43 heavy (non-hydrogen) atoms. The highest BCUT2D eigenvalue weighted by atomic mass is 19.4.